The second kappa shape index (κ2) is 7.68. The summed E-state index contributed by atoms with van der Waals surface area (Å²) in [5.41, 5.74) is 0.943. The molecule has 2 aliphatic heterocycles. The summed E-state index contributed by atoms with van der Waals surface area (Å²) in [4.78, 5) is 29.3. The molecule has 0 aliphatic carbocycles. The summed E-state index contributed by atoms with van der Waals surface area (Å²) in [5.74, 6) is -0.627. The van der Waals surface area contributed by atoms with E-state index >= 15 is 0 Å². The van der Waals surface area contributed by atoms with Crippen LogP contribution in [0.2, 0.25) is 0 Å². The van der Waals surface area contributed by atoms with Crippen molar-refractivity contribution in [1.29, 1.82) is 0 Å². The van der Waals surface area contributed by atoms with Crippen LogP contribution in [0.1, 0.15) is 22.8 Å². The Morgan fingerprint density at radius 2 is 1.74 bits per heavy atom. The Hall–Kier alpha value is -4.21. The molecule has 1 atom stereocenters. The van der Waals surface area contributed by atoms with E-state index in [9.17, 15) is 18.4 Å². The Morgan fingerprint density at radius 3 is 2.44 bits per heavy atom. The Labute approximate surface area is 192 Å². The van der Waals surface area contributed by atoms with Gasteiger partial charge in [0.2, 0.25) is 5.91 Å². The minimum absolute atomic E-state index is 0.00212. The van der Waals surface area contributed by atoms with Crippen LogP contribution in [0.3, 0.4) is 0 Å². The van der Waals surface area contributed by atoms with Crippen molar-refractivity contribution in [3.8, 4) is 28.5 Å². The van der Waals surface area contributed by atoms with Crippen LogP contribution < -0.4 is 19.5 Å². The van der Waals surface area contributed by atoms with Crippen molar-refractivity contribution in [2.75, 3.05) is 19.0 Å². The first kappa shape index (κ1) is 21.6. The zero-order valence-corrected chi connectivity index (χ0v) is 18.1. The molecule has 1 aromatic heterocycles. The standard InChI is InChI=1S/C24H18F2N2O6/c1-23(12-32-17-11-19-18(10-15(17)23)33-24(25,26)34-19)22(30)28-20-5-3-4-16(27-20)13-6-8-14(9-7-13)21(29)31-2/h3-11H,12H2,1-2H3,(H,27,28,30)/t23-/m0/s1. The normalized spacial score (nSPS) is 19.2. The van der Waals surface area contributed by atoms with Gasteiger partial charge in [-0.1, -0.05) is 18.2 Å². The highest BCUT2D eigenvalue weighted by Gasteiger charge is 2.48. The van der Waals surface area contributed by atoms with Crippen molar-refractivity contribution in [2.45, 2.75) is 18.6 Å². The number of hydrogen-bond acceptors (Lipinski definition) is 7. The number of nitrogens with zero attached hydrogens (tertiary/aromatic N) is 1. The van der Waals surface area contributed by atoms with Crippen molar-refractivity contribution < 1.29 is 37.3 Å². The third-order valence-electron chi connectivity index (χ3n) is 5.71. The second-order valence-corrected chi connectivity index (χ2v) is 8.01. The first-order valence-corrected chi connectivity index (χ1v) is 10.2. The number of pyridine rings is 1. The molecule has 1 amide bonds. The summed E-state index contributed by atoms with van der Waals surface area (Å²) >= 11 is 0. The van der Waals surface area contributed by atoms with Gasteiger partial charge in [0.05, 0.1) is 18.4 Å². The number of carbonyl (C=O) groups is 2. The molecule has 0 spiro atoms. The highest BCUT2D eigenvalue weighted by molar-refractivity contribution is 6.00. The number of amides is 1. The van der Waals surface area contributed by atoms with Crippen LogP contribution in [-0.4, -0.2) is 36.9 Å². The van der Waals surface area contributed by atoms with Crippen molar-refractivity contribution in [1.82, 2.24) is 4.98 Å². The molecule has 34 heavy (non-hydrogen) atoms. The molecule has 8 nitrogen and oxygen atoms in total. The lowest BCUT2D eigenvalue weighted by atomic mass is 9.83. The average molecular weight is 468 g/mol. The Kier molecular flexibility index (Phi) is 4.89. The van der Waals surface area contributed by atoms with Gasteiger partial charge in [0.15, 0.2) is 11.5 Å². The predicted octanol–water partition coefficient (Wildman–Crippen LogP) is 4.15. The van der Waals surface area contributed by atoms with Gasteiger partial charge in [0, 0.05) is 17.2 Å². The van der Waals surface area contributed by atoms with Crippen molar-refractivity contribution in [3.05, 3.63) is 65.7 Å². The van der Waals surface area contributed by atoms with Crippen LogP contribution in [0.25, 0.3) is 11.3 Å². The molecule has 3 heterocycles. The van der Waals surface area contributed by atoms with E-state index in [1.54, 1.807) is 49.4 Å². The van der Waals surface area contributed by atoms with Crippen LogP contribution in [0.15, 0.2) is 54.6 Å². The summed E-state index contributed by atoms with van der Waals surface area (Å²) in [6.07, 6.45) is -3.77. The molecule has 0 fully saturated rings. The largest absolute Gasteiger partial charge is 0.586 e. The third-order valence-corrected chi connectivity index (χ3v) is 5.71. The topological polar surface area (TPSA) is 96.0 Å². The lowest BCUT2D eigenvalue weighted by Crippen LogP contribution is -2.39. The molecule has 1 N–H and O–H groups in total. The zero-order chi connectivity index (χ0) is 24.1. The van der Waals surface area contributed by atoms with E-state index in [0.717, 1.165) is 5.56 Å². The van der Waals surface area contributed by atoms with Crippen LogP contribution in [0.4, 0.5) is 14.6 Å². The molecule has 174 valence electrons. The molecule has 0 radical (unpaired) electrons. The number of nitrogens with one attached hydrogen (secondary N) is 1. The van der Waals surface area contributed by atoms with Crippen LogP contribution in [-0.2, 0) is 14.9 Å². The van der Waals surface area contributed by atoms with Crippen molar-refractivity contribution >= 4 is 17.7 Å². The molecule has 10 heteroatoms. The molecule has 5 rings (SSSR count). The highest BCUT2D eigenvalue weighted by atomic mass is 19.3. The highest BCUT2D eigenvalue weighted by Crippen LogP contribution is 2.50. The van der Waals surface area contributed by atoms with Crippen LogP contribution in [0.5, 0.6) is 17.2 Å². The number of halogens is 2. The first-order valence-electron chi connectivity index (χ1n) is 10.2. The van der Waals surface area contributed by atoms with Gasteiger partial charge in [0.25, 0.3) is 0 Å². The maximum absolute atomic E-state index is 13.4. The van der Waals surface area contributed by atoms with Gasteiger partial charge >= 0.3 is 12.3 Å². The number of aromatic nitrogens is 1. The predicted molar refractivity (Wildman–Crippen MR) is 115 cm³/mol. The molecular formula is C24H18F2N2O6. The summed E-state index contributed by atoms with van der Waals surface area (Å²) in [5, 5.41) is 2.77. The lowest BCUT2D eigenvalue weighted by molar-refractivity contribution is -0.286. The number of alkyl halides is 2. The Balaban J connectivity index is 1.38. The van der Waals surface area contributed by atoms with E-state index in [1.165, 1.54) is 19.2 Å². The van der Waals surface area contributed by atoms with E-state index in [-0.39, 0.29) is 23.9 Å². The third kappa shape index (κ3) is 3.66. The smallest absolute Gasteiger partial charge is 0.492 e. The van der Waals surface area contributed by atoms with Gasteiger partial charge in [-0.25, -0.2) is 9.78 Å². The molecule has 0 unspecified atom stereocenters. The minimum atomic E-state index is -3.77. The quantitative estimate of drug-likeness (QED) is 0.575. The number of anilines is 1. The van der Waals surface area contributed by atoms with E-state index in [1.807, 2.05) is 0 Å². The van der Waals surface area contributed by atoms with Gasteiger partial charge in [-0.05, 0) is 37.3 Å². The fourth-order valence-electron chi connectivity index (χ4n) is 3.83. The molecule has 2 aliphatic rings. The van der Waals surface area contributed by atoms with Gasteiger partial charge in [0.1, 0.15) is 23.6 Å². The average Bonchev–Trinajstić information content (AvgIpc) is 3.32. The number of ether oxygens (including phenoxy) is 4. The maximum atomic E-state index is 13.4. The van der Waals surface area contributed by atoms with Crippen LogP contribution >= 0.6 is 0 Å². The van der Waals surface area contributed by atoms with Crippen molar-refractivity contribution in [3.63, 3.8) is 0 Å². The number of esters is 1. The van der Waals surface area contributed by atoms with E-state index in [0.29, 0.717) is 22.6 Å². The maximum Gasteiger partial charge on any atom is 0.586 e. The Bertz CT molecular complexity index is 1310. The summed E-state index contributed by atoms with van der Waals surface area (Å²) in [6, 6.07) is 14.4. The van der Waals surface area contributed by atoms with Gasteiger partial charge in [-0.3, -0.25) is 4.79 Å². The van der Waals surface area contributed by atoms with Crippen molar-refractivity contribution in [2.24, 2.45) is 0 Å². The molecular weight excluding hydrogens is 450 g/mol. The van der Waals surface area contributed by atoms with Gasteiger partial charge in [-0.2, -0.15) is 0 Å². The minimum Gasteiger partial charge on any atom is -0.492 e. The van der Waals surface area contributed by atoms with Crippen LogP contribution in [0, 0.1) is 0 Å². The number of methoxy groups -OCH3 is 1. The molecule has 0 bridgehead atoms. The summed E-state index contributed by atoms with van der Waals surface area (Å²) in [7, 11) is 1.31. The molecule has 3 aromatic rings. The molecule has 0 saturated heterocycles. The summed E-state index contributed by atoms with van der Waals surface area (Å²) in [6.45, 7) is 1.64. The lowest BCUT2D eigenvalue weighted by Gasteiger charge is -2.21. The molecule has 0 saturated carbocycles. The number of hydrogen-bond donors (Lipinski definition) is 1. The summed E-state index contributed by atoms with van der Waals surface area (Å²) < 4.78 is 46.1. The van der Waals surface area contributed by atoms with E-state index in [2.05, 4.69) is 19.8 Å². The first-order chi connectivity index (χ1) is 16.2. The zero-order valence-electron chi connectivity index (χ0n) is 18.1. The monoisotopic (exact) mass is 468 g/mol. The van der Waals surface area contributed by atoms with E-state index < -0.39 is 23.6 Å². The van der Waals surface area contributed by atoms with Gasteiger partial charge in [-0.15, -0.1) is 8.78 Å². The SMILES string of the molecule is COC(=O)c1ccc(-c2cccc(NC(=O)[C@@]3(C)COc4cc5c(cc43)OC(F)(F)O5)n2)cc1. The fourth-order valence-corrected chi connectivity index (χ4v) is 3.83. The fraction of sp³-hybridized carbons (Fsp3) is 0.208. The Morgan fingerprint density at radius 1 is 1.03 bits per heavy atom. The number of fused-ring (bicyclic) bond motifs is 2. The number of carbonyl (C=O) groups excluding carboxylic acids is 2. The van der Waals surface area contributed by atoms with E-state index in [4.69, 9.17) is 9.47 Å². The number of benzene rings is 2. The van der Waals surface area contributed by atoms with Gasteiger partial charge < -0.3 is 24.3 Å². The number of rotatable bonds is 4. The second-order valence-electron chi connectivity index (χ2n) is 8.01. The molecule has 2 aromatic carbocycles.